The Balaban J connectivity index is 1.88. The second-order valence-electron chi connectivity index (χ2n) is 5.16. The number of carbonyl (C=O) groups is 2. The molecule has 118 valence electrons. The van der Waals surface area contributed by atoms with Crippen molar-refractivity contribution in [1.29, 1.82) is 0 Å². The Morgan fingerprint density at radius 1 is 1.30 bits per heavy atom. The maximum Gasteiger partial charge on any atom is 0.250 e. The third kappa shape index (κ3) is 2.92. The molecule has 2 aromatic rings. The van der Waals surface area contributed by atoms with Gasteiger partial charge in [-0.25, -0.2) is 4.39 Å². The van der Waals surface area contributed by atoms with Gasteiger partial charge in [0.2, 0.25) is 11.8 Å². The van der Waals surface area contributed by atoms with Crippen molar-refractivity contribution in [2.45, 2.75) is 16.6 Å². The number of para-hydroxylation sites is 1. The van der Waals surface area contributed by atoms with E-state index in [9.17, 15) is 14.0 Å². The molecule has 0 aliphatic carbocycles. The molecule has 4 nitrogen and oxygen atoms in total. The fourth-order valence-corrected chi connectivity index (χ4v) is 3.41. The van der Waals surface area contributed by atoms with Gasteiger partial charge < -0.3 is 10.6 Å². The number of nitrogens with one attached hydrogen (secondary N) is 2. The molecule has 0 radical (unpaired) electrons. The molecular weight excluding hydrogens is 339 g/mol. The van der Waals surface area contributed by atoms with Crippen LogP contribution in [0.5, 0.6) is 0 Å². The second-order valence-corrected chi connectivity index (χ2v) is 7.06. The highest BCUT2D eigenvalue weighted by molar-refractivity contribution is 8.02. The van der Waals surface area contributed by atoms with Crippen molar-refractivity contribution in [3.8, 4) is 0 Å². The van der Waals surface area contributed by atoms with Crippen LogP contribution in [0.2, 0.25) is 5.02 Å². The SMILES string of the molecule is CC1(C(=O)Nc2ccc(Cl)cc2F)Sc2ccccc2NC1=O. The van der Waals surface area contributed by atoms with Crippen LogP contribution in [-0.2, 0) is 9.59 Å². The summed E-state index contributed by atoms with van der Waals surface area (Å²) in [5.74, 6) is -1.71. The van der Waals surface area contributed by atoms with Gasteiger partial charge in [-0.05, 0) is 37.3 Å². The average molecular weight is 351 g/mol. The van der Waals surface area contributed by atoms with Gasteiger partial charge in [-0.15, -0.1) is 0 Å². The Hall–Kier alpha value is -2.05. The third-order valence-electron chi connectivity index (χ3n) is 3.50. The van der Waals surface area contributed by atoms with E-state index in [-0.39, 0.29) is 10.7 Å². The number of amides is 2. The van der Waals surface area contributed by atoms with E-state index in [1.54, 1.807) is 12.1 Å². The number of thioether (sulfide) groups is 1. The van der Waals surface area contributed by atoms with E-state index >= 15 is 0 Å². The molecule has 7 heteroatoms. The Bertz CT molecular complexity index is 814. The Morgan fingerprint density at radius 3 is 2.78 bits per heavy atom. The van der Waals surface area contributed by atoms with Gasteiger partial charge in [0.25, 0.3) is 0 Å². The van der Waals surface area contributed by atoms with Crippen molar-refractivity contribution in [2.75, 3.05) is 10.6 Å². The minimum Gasteiger partial charge on any atom is -0.323 e. The molecule has 0 spiro atoms. The summed E-state index contributed by atoms with van der Waals surface area (Å²) < 4.78 is 12.4. The lowest BCUT2D eigenvalue weighted by molar-refractivity contribution is -0.126. The minimum absolute atomic E-state index is 0.0205. The van der Waals surface area contributed by atoms with Crippen LogP contribution in [0, 0.1) is 5.82 Å². The Morgan fingerprint density at radius 2 is 2.04 bits per heavy atom. The highest BCUT2D eigenvalue weighted by atomic mass is 35.5. The first kappa shape index (κ1) is 15.8. The molecule has 2 amide bonds. The largest absolute Gasteiger partial charge is 0.323 e. The summed E-state index contributed by atoms with van der Waals surface area (Å²) in [6.45, 7) is 1.51. The van der Waals surface area contributed by atoms with E-state index in [4.69, 9.17) is 11.6 Å². The standard InChI is InChI=1S/C16H12ClFN2O2S/c1-16(14(21)19-11-7-6-9(17)8-10(11)18)15(22)20-12-4-2-3-5-13(12)23-16/h2-8H,1H3,(H,19,21)(H,20,22). The number of carbonyl (C=O) groups excluding carboxylic acids is 2. The molecule has 0 fully saturated rings. The van der Waals surface area contributed by atoms with Gasteiger partial charge in [0.15, 0.2) is 4.75 Å². The van der Waals surface area contributed by atoms with E-state index in [2.05, 4.69) is 10.6 Å². The van der Waals surface area contributed by atoms with E-state index < -0.39 is 22.4 Å². The Labute approximate surface area is 141 Å². The molecule has 2 N–H and O–H groups in total. The summed E-state index contributed by atoms with van der Waals surface area (Å²) in [6, 6.07) is 11.1. The quantitative estimate of drug-likeness (QED) is 0.807. The first-order valence-corrected chi connectivity index (χ1v) is 7.95. The summed E-state index contributed by atoms with van der Waals surface area (Å²) in [6.07, 6.45) is 0. The number of halogens is 2. The summed E-state index contributed by atoms with van der Waals surface area (Å²) in [4.78, 5) is 25.7. The van der Waals surface area contributed by atoms with E-state index in [0.29, 0.717) is 5.69 Å². The van der Waals surface area contributed by atoms with Crippen LogP contribution in [0.1, 0.15) is 6.92 Å². The molecule has 0 bridgehead atoms. The molecule has 1 aliphatic heterocycles. The fourth-order valence-electron chi connectivity index (χ4n) is 2.15. The number of rotatable bonds is 2. The normalized spacial score (nSPS) is 19.7. The van der Waals surface area contributed by atoms with Crippen molar-refractivity contribution in [1.82, 2.24) is 0 Å². The number of anilines is 2. The molecule has 0 aromatic heterocycles. The van der Waals surface area contributed by atoms with Gasteiger partial charge in [-0.1, -0.05) is 35.5 Å². The van der Waals surface area contributed by atoms with Gasteiger partial charge in [0.1, 0.15) is 5.82 Å². The van der Waals surface area contributed by atoms with Crippen LogP contribution in [0.4, 0.5) is 15.8 Å². The molecule has 0 saturated heterocycles. The monoisotopic (exact) mass is 350 g/mol. The van der Waals surface area contributed by atoms with Crippen LogP contribution in [0.15, 0.2) is 47.4 Å². The van der Waals surface area contributed by atoms with Crippen LogP contribution >= 0.6 is 23.4 Å². The third-order valence-corrected chi connectivity index (χ3v) is 5.09. The Kier molecular flexibility index (Phi) is 4.04. The zero-order valence-electron chi connectivity index (χ0n) is 12.0. The average Bonchev–Trinajstić information content (AvgIpc) is 2.51. The first-order chi connectivity index (χ1) is 10.9. The molecule has 1 aliphatic rings. The lowest BCUT2D eigenvalue weighted by atomic mass is 10.1. The number of hydrogen-bond acceptors (Lipinski definition) is 3. The zero-order valence-corrected chi connectivity index (χ0v) is 13.6. The topological polar surface area (TPSA) is 58.2 Å². The zero-order chi connectivity index (χ0) is 16.6. The molecule has 23 heavy (non-hydrogen) atoms. The molecule has 0 saturated carbocycles. The predicted octanol–water partition coefficient (Wildman–Crippen LogP) is 3.92. The summed E-state index contributed by atoms with van der Waals surface area (Å²) in [5, 5.41) is 5.39. The van der Waals surface area contributed by atoms with Crippen molar-refractivity contribution < 1.29 is 14.0 Å². The van der Waals surface area contributed by atoms with Gasteiger partial charge >= 0.3 is 0 Å². The first-order valence-electron chi connectivity index (χ1n) is 6.76. The van der Waals surface area contributed by atoms with E-state index in [1.807, 2.05) is 12.1 Å². The van der Waals surface area contributed by atoms with Crippen molar-refractivity contribution in [2.24, 2.45) is 0 Å². The number of fused-ring (bicyclic) bond motifs is 1. The second kappa shape index (κ2) is 5.86. The summed E-state index contributed by atoms with van der Waals surface area (Å²) >= 11 is 6.82. The smallest absolute Gasteiger partial charge is 0.250 e. The molecule has 2 aromatic carbocycles. The predicted molar refractivity (Wildman–Crippen MR) is 89.4 cm³/mol. The summed E-state index contributed by atoms with van der Waals surface area (Å²) in [5.41, 5.74) is 0.637. The van der Waals surface area contributed by atoms with Crippen molar-refractivity contribution >= 4 is 46.6 Å². The molecule has 1 atom stereocenters. The fraction of sp³-hybridized carbons (Fsp3) is 0.125. The maximum atomic E-state index is 13.8. The van der Waals surface area contributed by atoms with Crippen LogP contribution in [0.25, 0.3) is 0 Å². The minimum atomic E-state index is -1.40. The molecule has 1 unspecified atom stereocenters. The van der Waals surface area contributed by atoms with Gasteiger partial charge in [-0.3, -0.25) is 9.59 Å². The molecule has 3 rings (SSSR count). The van der Waals surface area contributed by atoms with Crippen molar-refractivity contribution in [3.05, 3.63) is 53.3 Å². The lowest BCUT2D eigenvalue weighted by Crippen LogP contribution is -2.49. The highest BCUT2D eigenvalue weighted by Crippen LogP contribution is 2.42. The van der Waals surface area contributed by atoms with E-state index in [0.717, 1.165) is 22.7 Å². The summed E-state index contributed by atoms with van der Waals surface area (Å²) in [7, 11) is 0. The maximum absolute atomic E-state index is 13.8. The lowest BCUT2D eigenvalue weighted by Gasteiger charge is -2.31. The van der Waals surface area contributed by atoms with Gasteiger partial charge in [-0.2, -0.15) is 0 Å². The van der Waals surface area contributed by atoms with Crippen molar-refractivity contribution in [3.63, 3.8) is 0 Å². The highest BCUT2D eigenvalue weighted by Gasteiger charge is 2.46. The number of benzene rings is 2. The van der Waals surface area contributed by atoms with Crippen LogP contribution < -0.4 is 10.6 Å². The number of hydrogen-bond donors (Lipinski definition) is 2. The van der Waals surface area contributed by atoms with Gasteiger partial charge in [0, 0.05) is 9.92 Å². The molecule has 1 heterocycles. The van der Waals surface area contributed by atoms with Crippen LogP contribution in [0.3, 0.4) is 0 Å². The van der Waals surface area contributed by atoms with Crippen LogP contribution in [-0.4, -0.2) is 16.6 Å². The van der Waals surface area contributed by atoms with E-state index in [1.165, 1.54) is 19.1 Å². The van der Waals surface area contributed by atoms with Gasteiger partial charge in [0.05, 0.1) is 11.4 Å². The molecular formula is C16H12ClFN2O2S.